The molecule has 4 unspecified atom stereocenters. The normalized spacial score (nSPS) is 81.0. The van der Waals surface area contributed by atoms with E-state index in [4.69, 9.17) is 4.74 Å². The zero-order chi connectivity index (χ0) is 17.0. The second-order valence-electron chi connectivity index (χ2n) is 13.5. The van der Waals surface area contributed by atoms with Crippen LogP contribution in [0.15, 0.2) is 24.3 Å². The number of para-hydroxylation sites is 1. The lowest BCUT2D eigenvalue weighted by Crippen LogP contribution is -2.56. The zero-order valence-corrected chi connectivity index (χ0v) is 16.1. The van der Waals surface area contributed by atoms with Crippen molar-refractivity contribution in [3.05, 3.63) is 29.8 Å². The lowest BCUT2D eigenvalue weighted by molar-refractivity contribution is -0.0313. The summed E-state index contributed by atoms with van der Waals surface area (Å²) in [6.45, 7) is 1.12. The van der Waals surface area contributed by atoms with E-state index in [-0.39, 0.29) is 0 Å². The van der Waals surface area contributed by atoms with Crippen molar-refractivity contribution in [3.8, 4) is 5.75 Å². The number of benzene rings is 1. The first kappa shape index (κ1) is 12.7. The maximum atomic E-state index is 6.78. The molecule has 10 fully saturated rings. The van der Waals surface area contributed by atoms with Crippen molar-refractivity contribution >= 4 is 0 Å². The Morgan fingerprint density at radius 3 is 2.04 bits per heavy atom. The Balaban J connectivity index is 1.35. The van der Waals surface area contributed by atoms with E-state index in [0.29, 0.717) is 10.8 Å². The molecule has 1 aromatic carbocycles. The quantitative estimate of drug-likeness (QED) is 0.672. The lowest BCUT2D eigenvalue weighted by Gasteiger charge is -2.55. The number of hydrogen-bond donors (Lipinski definition) is 0. The minimum Gasteiger partial charge on any atom is -0.493 e. The molecule has 12 rings (SSSR count). The smallest absolute Gasteiger partial charge is 0.123 e. The van der Waals surface area contributed by atoms with E-state index >= 15 is 0 Å². The highest BCUT2D eigenvalue weighted by Gasteiger charge is 3.00. The molecule has 10 aliphatic carbocycles. The van der Waals surface area contributed by atoms with Crippen molar-refractivity contribution in [1.82, 2.24) is 0 Å². The maximum Gasteiger partial charge on any atom is 0.123 e. The molecular formula is C27H26O. The van der Waals surface area contributed by atoms with Crippen molar-refractivity contribution in [2.75, 3.05) is 6.61 Å². The van der Waals surface area contributed by atoms with Gasteiger partial charge in [-0.25, -0.2) is 0 Å². The molecule has 1 aromatic rings. The van der Waals surface area contributed by atoms with E-state index in [0.717, 1.165) is 65.8 Å². The van der Waals surface area contributed by atoms with Crippen molar-refractivity contribution in [3.63, 3.8) is 0 Å². The zero-order valence-electron chi connectivity index (χ0n) is 16.1. The molecule has 28 heavy (non-hydrogen) atoms. The minimum absolute atomic E-state index is 0.546. The third kappa shape index (κ3) is 0.706. The Hall–Kier alpha value is -0.980. The van der Waals surface area contributed by atoms with Gasteiger partial charge in [0.05, 0.1) is 6.61 Å². The summed E-state index contributed by atoms with van der Waals surface area (Å²) >= 11 is 0. The number of fused-ring (bicyclic) bond motifs is 3. The summed E-state index contributed by atoms with van der Waals surface area (Å²) in [5, 5.41) is 0. The van der Waals surface area contributed by atoms with Gasteiger partial charge in [-0.2, -0.15) is 0 Å². The van der Waals surface area contributed by atoms with Crippen LogP contribution in [0, 0.1) is 100 Å². The maximum absolute atomic E-state index is 6.78. The van der Waals surface area contributed by atoms with Crippen LogP contribution in [0.1, 0.15) is 18.4 Å². The highest BCUT2D eigenvalue weighted by atomic mass is 16.5. The molecule has 1 aliphatic heterocycles. The average Bonchev–Trinajstić information content (AvgIpc) is 3.46. The first-order valence-corrected chi connectivity index (χ1v) is 12.6. The molecule has 0 bridgehead atoms. The van der Waals surface area contributed by atoms with E-state index in [1.165, 1.54) is 41.3 Å². The summed E-state index contributed by atoms with van der Waals surface area (Å²) in [5.74, 6) is 19.6. The fraction of sp³-hybridized carbons (Fsp3) is 0.778. The van der Waals surface area contributed by atoms with Gasteiger partial charge in [0, 0.05) is 16.4 Å². The molecule has 0 saturated heterocycles. The molecule has 18 atom stereocenters. The molecule has 1 spiro atoms. The fourth-order valence-electron chi connectivity index (χ4n) is 16.6. The van der Waals surface area contributed by atoms with Gasteiger partial charge in [0.15, 0.2) is 0 Å². The lowest BCUT2D eigenvalue weighted by atomic mass is 9.51. The van der Waals surface area contributed by atoms with Crippen LogP contribution in [0.5, 0.6) is 5.75 Å². The molecule has 11 aliphatic rings. The van der Waals surface area contributed by atoms with Crippen LogP contribution in [-0.2, 0) is 5.41 Å². The van der Waals surface area contributed by atoms with Crippen LogP contribution in [0.2, 0.25) is 0 Å². The first-order valence-electron chi connectivity index (χ1n) is 12.6. The summed E-state index contributed by atoms with van der Waals surface area (Å²) in [6.07, 6.45) is 3.28. The highest BCUT2D eigenvalue weighted by molar-refractivity contribution is 5.57. The largest absolute Gasteiger partial charge is 0.493 e. The van der Waals surface area contributed by atoms with Crippen molar-refractivity contribution < 1.29 is 4.74 Å². The average molecular weight is 367 g/mol. The third-order valence-corrected chi connectivity index (χ3v) is 15.0. The molecular weight excluding hydrogens is 340 g/mol. The van der Waals surface area contributed by atoms with Gasteiger partial charge in [0.25, 0.3) is 0 Å². The van der Waals surface area contributed by atoms with Gasteiger partial charge in [-0.05, 0) is 114 Å². The molecule has 1 nitrogen and oxygen atoms in total. The predicted molar refractivity (Wildman–Crippen MR) is 101 cm³/mol. The second-order valence-corrected chi connectivity index (χ2v) is 13.5. The Bertz CT molecular complexity index is 1040. The monoisotopic (exact) mass is 366 g/mol. The van der Waals surface area contributed by atoms with Crippen LogP contribution in [-0.4, -0.2) is 6.61 Å². The van der Waals surface area contributed by atoms with Crippen molar-refractivity contribution in [2.24, 2.45) is 100 Å². The van der Waals surface area contributed by atoms with Gasteiger partial charge >= 0.3 is 0 Å². The van der Waals surface area contributed by atoms with Gasteiger partial charge < -0.3 is 4.74 Å². The fourth-order valence-corrected chi connectivity index (χ4v) is 16.6. The van der Waals surface area contributed by atoms with Gasteiger partial charge in [-0.3, -0.25) is 0 Å². The Morgan fingerprint density at radius 2 is 1.32 bits per heavy atom. The molecule has 1 heterocycles. The van der Waals surface area contributed by atoms with E-state index in [1.807, 2.05) is 0 Å². The highest BCUT2D eigenvalue weighted by Crippen LogP contribution is 3.01. The minimum atomic E-state index is 0.546. The first-order chi connectivity index (χ1) is 13.9. The Kier molecular flexibility index (Phi) is 1.38. The summed E-state index contributed by atoms with van der Waals surface area (Å²) in [7, 11) is 0. The van der Waals surface area contributed by atoms with Gasteiger partial charge in [0.1, 0.15) is 5.75 Å². The predicted octanol–water partition coefficient (Wildman–Crippen LogP) is 4.08. The SMILES string of the molecule is c1ccc2c(c1)OCC13[C@@H]4[C@@H]5[C@H]6C7C8[C@H]9C[C@H]([C@@H]%10[C@H]9[C@@H]7[C@@H]5[C@H]%101)C23[C@@H]1C[C@H]8[C@@H]6[C@@H]41. The molecule has 0 radical (unpaired) electrons. The molecule has 0 N–H and O–H groups in total. The van der Waals surface area contributed by atoms with Gasteiger partial charge in [-0.15, -0.1) is 0 Å². The summed E-state index contributed by atoms with van der Waals surface area (Å²) in [4.78, 5) is 0. The third-order valence-electron chi connectivity index (χ3n) is 15.0. The van der Waals surface area contributed by atoms with Gasteiger partial charge in [-0.1, -0.05) is 18.2 Å². The van der Waals surface area contributed by atoms with Crippen LogP contribution >= 0.6 is 0 Å². The van der Waals surface area contributed by atoms with E-state index < -0.39 is 0 Å². The van der Waals surface area contributed by atoms with Gasteiger partial charge in [0.2, 0.25) is 0 Å². The standard InChI is InChI=1S/C27H26O/c1-2-4-13-10(3-1)27-11-5-8-14-9-6-12(27)18-16(9)21-19(14)20-15(8)17(11)24-22(20)23(21)25(18)26(24,27)7-28-13/h1-4,8-9,11-12,14-25H,5-7H2/t8-,9-,11-,12-,14?,15-,16+,17+,18-,19?,20-,21+,22-,23+,24+,25+,26?,27?/m1/s1. The van der Waals surface area contributed by atoms with Crippen molar-refractivity contribution in [2.45, 2.75) is 18.3 Å². The Labute approximate surface area is 165 Å². The second kappa shape index (κ2) is 3.05. The van der Waals surface area contributed by atoms with Crippen LogP contribution in [0.3, 0.4) is 0 Å². The van der Waals surface area contributed by atoms with Crippen molar-refractivity contribution in [1.29, 1.82) is 0 Å². The van der Waals surface area contributed by atoms with Crippen LogP contribution < -0.4 is 4.74 Å². The molecule has 0 aromatic heterocycles. The van der Waals surface area contributed by atoms with E-state index in [1.54, 1.807) is 18.4 Å². The van der Waals surface area contributed by atoms with E-state index in [9.17, 15) is 0 Å². The van der Waals surface area contributed by atoms with Crippen LogP contribution in [0.25, 0.3) is 0 Å². The molecule has 140 valence electrons. The molecule has 10 saturated carbocycles. The molecule has 0 amide bonds. The topological polar surface area (TPSA) is 9.23 Å². The summed E-state index contributed by atoms with van der Waals surface area (Å²) < 4.78 is 6.78. The van der Waals surface area contributed by atoms with E-state index in [2.05, 4.69) is 24.3 Å². The van der Waals surface area contributed by atoms with Crippen LogP contribution in [0.4, 0.5) is 0 Å². The summed E-state index contributed by atoms with van der Waals surface area (Å²) in [5.41, 5.74) is 2.86. The number of ether oxygens (including phenoxy) is 1. The number of hydrogen-bond acceptors (Lipinski definition) is 1. The number of rotatable bonds is 0. The molecule has 1 heteroatoms. The Morgan fingerprint density at radius 1 is 0.679 bits per heavy atom. The summed E-state index contributed by atoms with van der Waals surface area (Å²) in [6, 6.07) is 9.51.